The highest BCUT2D eigenvalue weighted by Crippen LogP contribution is 2.39. The Bertz CT molecular complexity index is 645. The van der Waals surface area contributed by atoms with Crippen molar-refractivity contribution in [1.29, 1.82) is 0 Å². The van der Waals surface area contributed by atoms with Crippen LogP contribution in [0.3, 0.4) is 0 Å². The van der Waals surface area contributed by atoms with Crippen LogP contribution in [0.25, 0.3) is 0 Å². The number of thioether (sulfide) groups is 1. The van der Waals surface area contributed by atoms with Crippen molar-refractivity contribution in [1.82, 2.24) is 0 Å². The highest BCUT2D eigenvalue weighted by Gasteiger charge is 2.24. The third-order valence-electron chi connectivity index (χ3n) is 3.30. The Morgan fingerprint density at radius 1 is 1.20 bits per heavy atom. The number of ether oxygens (including phenoxy) is 1. The molecule has 102 valence electrons. The highest BCUT2D eigenvalue weighted by molar-refractivity contribution is 7.99. The summed E-state index contributed by atoms with van der Waals surface area (Å²) in [5, 5.41) is 10.9. The van der Waals surface area contributed by atoms with Crippen LogP contribution in [0.5, 0.6) is 5.75 Å². The predicted octanol–water partition coefficient (Wildman–Crippen LogP) is 3.86. The molecule has 0 saturated heterocycles. The fraction of sp³-hybridized carbons (Fsp3) is 0.200. The van der Waals surface area contributed by atoms with Crippen molar-refractivity contribution in [2.45, 2.75) is 10.8 Å². The van der Waals surface area contributed by atoms with Gasteiger partial charge in [-0.2, -0.15) is 0 Å². The van der Waals surface area contributed by atoms with E-state index in [1.54, 1.807) is 18.2 Å². The summed E-state index contributed by atoms with van der Waals surface area (Å²) < 4.78 is 5.68. The number of benzene rings is 2. The van der Waals surface area contributed by atoms with Crippen LogP contribution in [0.1, 0.15) is 11.5 Å². The van der Waals surface area contributed by atoms with Crippen molar-refractivity contribution in [3.05, 3.63) is 64.2 Å². The number of hydrogen-bond acceptors (Lipinski definition) is 4. The number of fused-ring (bicyclic) bond motifs is 1. The Morgan fingerprint density at radius 3 is 2.80 bits per heavy atom. The zero-order valence-corrected chi connectivity index (χ0v) is 11.5. The maximum Gasteiger partial charge on any atom is 0.310 e. The molecule has 0 bridgehead atoms. The van der Waals surface area contributed by atoms with E-state index in [2.05, 4.69) is 12.1 Å². The molecule has 0 aliphatic carbocycles. The normalized spacial score (nSPS) is 16.7. The third-order valence-corrected chi connectivity index (χ3v) is 4.55. The van der Waals surface area contributed by atoms with E-state index < -0.39 is 4.92 Å². The summed E-state index contributed by atoms with van der Waals surface area (Å²) in [6.07, 6.45) is 0. The summed E-state index contributed by atoms with van der Waals surface area (Å²) in [4.78, 5) is 11.8. The molecule has 1 aliphatic rings. The molecule has 2 aromatic carbocycles. The first-order valence-corrected chi connectivity index (χ1v) is 7.32. The van der Waals surface area contributed by atoms with Gasteiger partial charge in [0, 0.05) is 22.6 Å². The summed E-state index contributed by atoms with van der Waals surface area (Å²) in [7, 11) is 0. The number of nitro benzene ring substituents is 1. The first-order chi connectivity index (χ1) is 9.75. The standard InChI is InChI=1S/C15H13NO3S/c17-16(18)13-6-2-3-7-14(13)19-9-11-10-20-15-8-4-1-5-12(11)15/h1-8,11H,9-10H2. The molecule has 0 spiro atoms. The van der Waals surface area contributed by atoms with Crippen LogP contribution in [-0.2, 0) is 0 Å². The monoisotopic (exact) mass is 287 g/mol. The Kier molecular flexibility index (Phi) is 3.60. The van der Waals surface area contributed by atoms with Gasteiger partial charge >= 0.3 is 5.69 Å². The van der Waals surface area contributed by atoms with Gasteiger partial charge in [-0.3, -0.25) is 10.1 Å². The molecule has 1 aliphatic heterocycles. The molecule has 2 aromatic rings. The van der Waals surface area contributed by atoms with Crippen LogP contribution in [-0.4, -0.2) is 17.3 Å². The van der Waals surface area contributed by atoms with Crippen molar-refractivity contribution in [2.24, 2.45) is 0 Å². The topological polar surface area (TPSA) is 52.4 Å². The molecule has 1 unspecified atom stereocenters. The lowest BCUT2D eigenvalue weighted by atomic mass is 10.0. The second kappa shape index (κ2) is 5.54. The Labute approximate surface area is 120 Å². The van der Waals surface area contributed by atoms with Crippen LogP contribution < -0.4 is 4.74 Å². The van der Waals surface area contributed by atoms with Gasteiger partial charge in [0.05, 0.1) is 11.5 Å². The second-order valence-corrected chi connectivity index (χ2v) is 5.64. The van der Waals surface area contributed by atoms with Gasteiger partial charge in [0.1, 0.15) is 0 Å². The van der Waals surface area contributed by atoms with Gasteiger partial charge in [0.25, 0.3) is 0 Å². The van der Waals surface area contributed by atoms with Crippen molar-refractivity contribution in [3.63, 3.8) is 0 Å². The van der Waals surface area contributed by atoms with Gasteiger partial charge in [-0.25, -0.2) is 0 Å². The smallest absolute Gasteiger partial charge is 0.310 e. The summed E-state index contributed by atoms with van der Waals surface area (Å²) in [6.45, 7) is 0.467. The van der Waals surface area contributed by atoms with Crippen LogP contribution in [0, 0.1) is 10.1 Å². The SMILES string of the molecule is O=[N+]([O-])c1ccccc1OCC1CSc2ccccc21. The second-order valence-electron chi connectivity index (χ2n) is 4.58. The van der Waals surface area contributed by atoms with Crippen LogP contribution >= 0.6 is 11.8 Å². The summed E-state index contributed by atoms with van der Waals surface area (Å²) in [6, 6.07) is 14.7. The van der Waals surface area contributed by atoms with Gasteiger partial charge in [-0.1, -0.05) is 30.3 Å². The molecule has 0 radical (unpaired) electrons. The van der Waals surface area contributed by atoms with Crippen molar-refractivity contribution >= 4 is 17.4 Å². The van der Waals surface area contributed by atoms with Gasteiger partial charge in [-0.05, 0) is 17.7 Å². The average molecular weight is 287 g/mol. The first-order valence-electron chi connectivity index (χ1n) is 6.33. The third kappa shape index (κ3) is 2.49. The number of rotatable bonds is 4. The number of para-hydroxylation sites is 2. The Hall–Kier alpha value is -2.01. The maximum absolute atomic E-state index is 10.9. The van der Waals surface area contributed by atoms with Gasteiger partial charge in [0.2, 0.25) is 0 Å². The number of hydrogen-bond donors (Lipinski definition) is 0. The minimum atomic E-state index is -0.410. The van der Waals surface area contributed by atoms with E-state index in [9.17, 15) is 10.1 Å². The zero-order chi connectivity index (χ0) is 13.9. The fourth-order valence-corrected chi connectivity index (χ4v) is 3.52. The quantitative estimate of drug-likeness (QED) is 0.633. The summed E-state index contributed by atoms with van der Waals surface area (Å²) in [5.41, 5.74) is 1.29. The Balaban J connectivity index is 1.74. The molecule has 1 heterocycles. The van der Waals surface area contributed by atoms with Gasteiger partial charge < -0.3 is 4.74 Å². The van der Waals surface area contributed by atoms with Crippen molar-refractivity contribution in [3.8, 4) is 5.75 Å². The minimum absolute atomic E-state index is 0.0198. The summed E-state index contributed by atoms with van der Waals surface area (Å²) >= 11 is 1.81. The lowest BCUT2D eigenvalue weighted by Gasteiger charge is -2.12. The van der Waals surface area contributed by atoms with E-state index in [1.807, 2.05) is 23.9 Å². The van der Waals surface area contributed by atoms with Crippen LogP contribution in [0.15, 0.2) is 53.4 Å². The molecule has 4 nitrogen and oxygen atoms in total. The van der Waals surface area contributed by atoms with Crippen LogP contribution in [0.2, 0.25) is 0 Å². The van der Waals surface area contributed by atoms with E-state index in [0.29, 0.717) is 12.4 Å². The average Bonchev–Trinajstić information content (AvgIpc) is 2.88. The molecular formula is C15H13NO3S. The van der Waals surface area contributed by atoms with Gasteiger partial charge in [-0.15, -0.1) is 11.8 Å². The molecule has 0 saturated carbocycles. The lowest BCUT2D eigenvalue weighted by molar-refractivity contribution is -0.385. The maximum atomic E-state index is 10.9. The van der Waals surface area contributed by atoms with Gasteiger partial charge in [0.15, 0.2) is 5.75 Å². The molecular weight excluding hydrogens is 274 g/mol. The van der Waals surface area contributed by atoms with E-state index in [1.165, 1.54) is 16.5 Å². The van der Waals surface area contributed by atoms with E-state index >= 15 is 0 Å². The molecule has 0 amide bonds. The minimum Gasteiger partial charge on any atom is -0.486 e. The molecule has 5 heteroatoms. The molecule has 0 aromatic heterocycles. The first kappa shape index (κ1) is 13.0. The highest BCUT2D eigenvalue weighted by atomic mass is 32.2. The largest absolute Gasteiger partial charge is 0.486 e. The summed E-state index contributed by atoms with van der Waals surface area (Å²) in [5.74, 6) is 1.59. The zero-order valence-electron chi connectivity index (χ0n) is 10.7. The van der Waals surface area contributed by atoms with E-state index in [4.69, 9.17) is 4.74 Å². The number of nitro groups is 1. The van der Waals surface area contributed by atoms with Crippen molar-refractivity contribution in [2.75, 3.05) is 12.4 Å². The predicted molar refractivity (Wildman–Crippen MR) is 78.5 cm³/mol. The Morgan fingerprint density at radius 2 is 1.95 bits per heavy atom. The number of nitrogens with zero attached hydrogens (tertiary/aromatic N) is 1. The molecule has 0 N–H and O–H groups in total. The van der Waals surface area contributed by atoms with Crippen LogP contribution in [0.4, 0.5) is 5.69 Å². The molecule has 20 heavy (non-hydrogen) atoms. The van der Waals surface area contributed by atoms with E-state index in [0.717, 1.165) is 5.75 Å². The molecule has 1 atom stereocenters. The lowest BCUT2D eigenvalue weighted by Crippen LogP contribution is -2.10. The van der Waals surface area contributed by atoms with E-state index in [-0.39, 0.29) is 11.6 Å². The molecule has 0 fully saturated rings. The molecule has 3 rings (SSSR count). The van der Waals surface area contributed by atoms with Crippen molar-refractivity contribution < 1.29 is 9.66 Å². The fourth-order valence-electron chi connectivity index (χ4n) is 2.29.